The van der Waals surface area contributed by atoms with Crippen molar-refractivity contribution in [2.45, 2.75) is 6.61 Å². The lowest BCUT2D eigenvalue weighted by atomic mass is 10.2. The van der Waals surface area contributed by atoms with Crippen LogP contribution in [0.25, 0.3) is 0 Å². The molecule has 3 rings (SSSR count). The average molecular weight is 295 g/mol. The topological polar surface area (TPSA) is 27.7 Å². The Bertz CT molecular complexity index is 610. The molecule has 5 heteroatoms. The van der Waals surface area contributed by atoms with Crippen molar-refractivity contribution in [3.63, 3.8) is 0 Å². The summed E-state index contributed by atoms with van der Waals surface area (Å²) in [5.41, 5.74) is 0.337. The molecule has 1 heterocycles. The molecule has 0 amide bonds. The summed E-state index contributed by atoms with van der Waals surface area (Å²) >= 11 is 5.95. The first-order chi connectivity index (χ1) is 9.74. The smallest absolute Gasteiger partial charge is 0.165 e. The third-order valence-electron chi connectivity index (χ3n) is 2.96. The van der Waals surface area contributed by atoms with Crippen LogP contribution in [0.5, 0.6) is 17.2 Å². The van der Waals surface area contributed by atoms with Crippen LogP contribution in [0.2, 0.25) is 5.02 Å². The third kappa shape index (κ3) is 2.65. The van der Waals surface area contributed by atoms with Gasteiger partial charge in [-0.3, -0.25) is 0 Å². The summed E-state index contributed by atoms with van der Waals surface area (Å²) < 4.78 is 30.1. The zero-order chi connectivity index (χ0) is 13.9. The maximum atomic E-state index is 13.6. The van der Waals surface area contributed by atoms with E-state index in [0.717, 1.165) is 0 Å². The Morgan fingerprint density at radius 3 is 2.70 bits per heavy atom. The minimum atomic E-state index is -0.380. The van der Waals surface area contributed by atoms with Gasteiger partial charge in [-0.1, -0.05) is 17.7 Å². The molecule has 2 aromatic rings. The van der Waals surface area contributed by atoms with Gasteiger partial charge >= 0.3 is 0 Å². The van der Waals surface area contributed by atoms with Crippen molar-refractivity contribution in [3.8, 4) is 17.2 Å². The van der Waals surface area contributed by atoms with Gasteiger partial charge in [0.2, 0.25) is 0 Å². The summed E-state index contributed by atoms with van der Waals surface area (Å²) in [6, 6.07) is 9.80. The Morgan fingerprint density at radius 1 is 1.10 bits per heavy atom. The van der Waals surface area contributed by atoms with E-state index in [4.69, 9.17) is 25.8 Å². The van der Waals surface area contributed by atoms with Crippen molar-refractivity contribution in [2.24, 2.45) is 0 Å². The Morgan fingerprint density at radius 2 is 1.90 bits per heavy atom. The van der Waals surface area contributed by atoms with E-state index in [0.29, 0.717) is 41.0 Å². The number of ether oxygens (including phenoxy) is 3. The number of fused-ring (bicyclic) bond motifs is 1. The second-order valence-corrected chi connectivity index (χ2v) is 4.70. The summed E-state index contributed by atoms with van der Waals surface area (Å²) in [7, 11) is 0. The van der Waals surface area contributed by atoms with Crippen molar-refractivity contribution >= 4 is 11.6 Å². The number of hydrogen-bond acceptors (Lipinski definition) is 3. The van der Waals surface area contributed by atoms with E-state index in [1.807, 2.05) is 0 Å². The first kappa shape index (κ1) is 13.1. The molecule has 20 heavy (non-hydrogen) atoms. The van der Waals surface area contributed by atoms with Crippen molar-refractivity contribution in [2.75, 3.05) is 13.2 Å². The van der Waals surface area contributed by atoms with Crippen LogP contribution in [0, 0.1) is 5.82 Å². The molecule has 0 saturated heterocycles. The van der Waals surface area contributed by atoms with E-state index >= 15 is 0 Å². The molecule has 0 spiro atoms. The maximum Gasteiger partial charge on any atom is 0.165 e. The normalized spacial score (nSPS) is 13.1. The number of halogens is 2. The highest BCUT2D eigenvalue weighted by molar-refractivity contribution is 6.31. The molecule has 0 aliphatic carbocycles. The van der Waals surface area contributed by atoms with E-state index in [1.54, 1.807) is 30.3 Å². The number of rotatable bonds is 3. The summed E-state index contributed by atoms with van der Waals surface area (Å²) in [4.78, 5) is 0. The fourth-order valence-corrected chi connectivity index (χ4v) is 2.16. The van der Waals surface area contributed by atoms with Crippen LogP contribution in [0.15, 0.2) is 36.4 Å². The largest absolute Gasteiger partial charge is 0.489 e. The Balaban J connectivity index is 1.75. The van der Waals surface area contributed by atoms with Crippen LogP contribution in [0.3, 0.4) is 0 Å². The molecular formula is C15H12ClFO3. The molecule has 104 valence electrons. The summed E-state index contributed by atoms with van der Waals surface area (Å²) in [6.45, 7) is 1.11. The monoisotopic (exact) mass is 294 g/mol. The first-order valence-electron chi connectivity index (χ1n) is 6.19. The van der Waals surface area contributed by atoms with Crippen molar-refractivity contribution < 1.29 is 18.6 Å². The van der Waals surface area contributed by atoms with Gasteiger partial charge in [-0.2, -0.15) is 0 Å². The van der Waals surface area contributed by atoms with E-state index in [2.05, 4.69) is 0 Å². The lowest BCUT2D eigenvalue weighted by Gasteiger charge is -2.19. The van der Waals surface area contributed by atoms with Crippen molar-refractivity contribution in [1.29, 1.82) is 0 Å². The molecule has 0 radical (unpaired) electrons. The summed E-state index contributed by atoms with van der Waals surface area (Å²) in [6.07, 6.45) is 0. The second kappa shape index (κ2) is 5.59. The fourth-order valence-electron chi connectivity index (χ4n) is 1.94. The van der Waals surface area contributed by atoms with Crippen LogP contribution < -0.4 is 14.2 Å². The summed E-state index contributed by atoms with van der Waals surface area (Å²) in [5, 5.41) is 0.350. The number of benzene rings is 2. The van der Waals surface area contributed by atoms with Crippen LogP contribution >= 0.6 is 11.6 Å². The van der Waals surface area contributed by atoms with Gasteiger partial charge in [0.1, 0.15) is 31.4 Å². The van der Waals surface area contributed by atoms with Gasteiger partial charge in [-0.25, -0.2) is 4.39 Å². The fraction of sp³-hybridized carbons (Fsp3) is 0.200. The maximum absolute atomic E-state index is 13.6. The average Bonchev–Trinajstić information content (AvgIpc) is 2.46. The van der Waals surface area contributed by atoms with Crippen LogP contribution in [-0.4, -0.2) is 13.2 Å². The lowest BCUT2D eigenvalue weighted by Crippen LogP contribution is -2.15. The third-order valence-corrected chi connectivity index (χ3v) is 3.31. The summed E-state index contributed by atoms with van der Waals surface area (Å²) in [5.74, 6) is 1.52. The van der Waals surface area contributed by atoms with Gasteiger partial charge in [-0.15, -0.1) is 0 Å². The minimum absolute atomic E-state index is 0.0607. The molecule has 1 aliphatic heterocycles. The molecule has 3 nitrogen and oxygen atoms in total. The van der Waals surface area contributed by atoms with E-state index < -0.39 is 0 Å². The molecule has 0 unspecified atom stereocenters. The quantitative estimate of drug-likeness (QED) is 0.861. The Hall–Kier alpha value is -1.94. The predicted octanol–water partition coefficient (Wildman–Crippen LogP) is 3.83. The highest BCUT2D eigenvalue weighted by atomic mass is 35.5. The molecule has 1 aliphatic rings. The molecule has 0 N–H and O–H groups in total. The van der Waals surface area contributed by atoms with Crippen LogP contribution in [0.4, 0.5) is 4.39 Å². The first-order valence-corrected chi connectivity index (χ1v) is 6.57. The Kier molecular flexibility index (Phi) is 3.65. The highest BCUT2D eigenvalue weighted by Gasteiger charge is 2.13. The van der Waals surface area contributed by atoms with Gasteiger partial charge in [0, 0.05) is 11.6 Å². The molecule has 0 fully saturated rings. The van der Waals surface area contributed by atoms with Crippen molar-refractivity contribution in [3.05, 3.63) is 52.8 Å². The van der Waals surface area contributed by atoms with Gasteiger partial charge < -0.3 is 14.2 Å². The van der Waals surface area contributed by atoms with E-state index in [1.165, 1.54) is 6.07 Å². The molecular weight excluding hydrogens is 283 g/mol. The van der Waals surface area contributed by atoms with Gasteiger partial charge in [-0.05, 0) is 24.3 Å². The van der Waals surface area contributed by atoms with Crippen LogP contribution in [-0.2, 0) is 6.61 Å². The Labute approximate surface area is 120 Å². The van der Waals surface area contributed by atoms with Crippen LogP contribution in [0.1, 0.15) is 5.56 Å². The predicted molar refractivity (Wildman–Crippen MR) is 73.2 cm³/mol. The minimum Gasteiger partial charge on any atom is -0.489 e. The zero-order valence-electron chi connectivity index (χ0n) is 10.6. The SMILES string of the molecule is Fc1cccc(Cl)c1COc1ccc2c(c1)OCCO2. The second-order valence-electron chi connectivity index (χ2n) is 4.29. The molecule has 2 aromatic carbocycles. The van der Waals surface area contributed by atoms with Gasteiger partial charge in [0.05, 0.1) is 5.02 Å². The lowest BCUT2D eigenvalue weighted by molar-refractivity contribution is 0.170. The standard InChI is InChI=1S/C15H12ClFO3/c16-12-2-1-3-13(17)11(12)9-20-10-4-5-14-15(8-10)19-7-6-18-14/h1-5,8H,6-7,9H2. The van der Waals surface area contributed by atoms with Crippen molar-refractivity contribution in [1.82, 2.24) is 0 Å². The van der Waals surface area contributed by atoms with Gasteiger partial charge in [0.25, 0.3) is 0 Å². The number of hydrogen-bond donors (Lipinski definition) is 0. The molecule has 0 saturated carbocycles. The van der Waals surface area contributed by atoms with E-state index in [9.17, 15) is 4.39 Å². The highest BCUT2D eigenvalue weighted by Crippen LogP contribution is 2.34. The van der Waals surface area contributed by atoms with Gasteiger partial charge in [0.15, 0.2) is 11.5 Å². The molecule has 0 bridgehead atoms. The zero-order valence-corrected chi connectivity index (χ0v) is 11.3. The molecule has 0 atom stereocenters. The molecule has 0 aromatic heterocycles. The van der Waals surface area contributed by atoms with E-state index in [-0.39, 0.29) is 12.4 Å².